The molecule has 0 spiro atoms. The van der Waals surface area contributed by atoms with Gasteiger partial charge in [0.1, 0.15) is 0 Å². The van der Waals surface area contributed by atoms with E-state index in [2.05, 4.69) is 0 Å². The maximum Gasteiger partial charge on any atom is 0.250 e. The Hall–Kier alpha value is -0.140. The quantitative estimate of drug-likeness (QED) is 0.477. The van der Waals surface area contributed by atoms with Crippen molar-refractivity contribution < 1.29 is 8.78 Å². The largest absolute Gasteiger partial charge is 0.250 e. The molecule has 0 nitrogen and oxygen atoms in total. The van der Waals surface area contributed by atoms with Crippen LogP contribution in [0.15, 0.2) is 0 Å². The molecule has 0 aromatic heterocycles. The molecule has 0 N–H and O–H groups in total. The van der Waals surface area contributed by atoms with E-state index in [9.17, 15) is 8.78 Å². The molecule has 0 radical (unpaired) electrons. The second-order valence-electron chi connectivity index (χ2n) is 3.07. The van der Waals surface area contributed by atoms with E-state index in [1.807, 2.05) is 6.92 Å². The standard InChI is InChI=1S/C7H12F2/c1-5-3-4-7(8,9)6(5)2/h5-6H,3-4H2,1-2H3/t5-,6?/m0/s1. The van der Waals surface area contributed by atoms with E-state index in [-0.39, 0.29) is 12.3 Å². The predicted octanol–water partition coefficient (Wildman–Crippen LogP) is 2.69. The molecule has 0 heterocycles. The Morgan fingerprint density at radius 1 is 1.33 bits per heavy atom. The monoisotopic (exact) mass is 134 g/mol. The van der Waals surface area contributed by atoms with Crippen LogP contribution in [0.25, 0.3) is 0 Å². The summed E-state index contributed by atoms with van der Waals surface area (Å²) in [6.45, 7) is 3.53. The van der Waals surface area contributed by atoms with Gasteiger partial charge in [-0.05, 0) is 12.3 Å². The zero-order chi connectivity index (χ0) is 7.07. The van der Waals surface area contributed by atoms with Crippen LogP contribution in [0.1, 0.15) is 26.7 Å². The SMILES string of the molecule is CC1[C@@H](C)CCC1(F)F. The van der Waals surface area contributed by atoms with Crippen LogP contribution in [0.4, 0.5) is 8.78 Å². The number of hydrogen-bond acceptors (Lipinski definition) is 0. The molecule has 1 saturated carbocycles. The van der Waals surface area contributed by atoms with Gasteiger partial charge in [-0.25, -0.2) is 8.78 Å². The molecular formula is C7H12F2. The fourth-order valence-electron chi connectivity index (χ4n) is 1.31. The van der Waals surface area contributed by atoms with E-state index >= 15 is 0 Å². The maximum absolute atomic E-state index is 12.6. The van der Waals surface area contributed by atoms with Gasteiger partial charge in [0.05, 0.1) is 0 Å². The Balaban J connectivity index is 2.62. The van der Waals surface area contributed by atoms with Crippen LogP contribution in [0, 0.1) is 11.8 Å². The van der Waals surface area contributed by atoms with Crippen LogP contribution in [-0.4, -0.2) is 5.92 Å². The smallest absolute Gasteiger partial charge is 0.207 e. The third kappa shape index (κ3) is 1.07. The lowest BCUT2D eigenvalue weighted by atomic mass is 9.99. The van der Waals surface area contributed by atoms with Gasteiger partial charge in [0, 0.05) is 12.3 Å². The zero-order valence-electron chi connectivity index (χ0n) is 5.82. The molecule has 0 saturated heterocycles. The summed E-state index contributed by atoms with van der Waals surface area (Å²) in [6.07, 6.45) is 0.781. The summed E-state index contributed by atoms with van der Waals surface area (Å²) < 4.78 is 25.2. The first-order valence-corrected chi connectivity index (χ1v) is 3.42. The molecule has 2 atom stereocenters. The van der Waals surface area contributed by atoms with Crippen molar-refractivity contribution in [2.45, 2.75) is 32.6 Å². The first-order valence-electron chi connectivity index (χ1n) is 3.42. The topological polar surface area (TPSA) is 0 Å². The molecule has 9 heavy (non-hydrogen) atoms. The molecule has 1 aliphatic rings. The van der Waals surface area contributed by atoms with Crippen molar-refractivity contribution in [2.24, 2.45) is 11.8 Å². The predicted molar refractivity (Wildman–Crippen MR) is 32.5 cm³/mol. The fourth-order valence-corrected chi connectivity index (χ4v) is 1.31. The van der Waals surface area contributed by atoms with E-state index in [1.165, 1.54) is 0 Å². The highest BCUT2D eigenvalue weighted by molar-refractivity contribution is 4.85. The Morgan fingerprint density at radius 2 is 1.89 bits per heavy atom. The van der Waals surface area contributed by atoms with Gasteiger partial charge < -0.3 is 0 Å². The third-order valence-corrected chi connectivity index (χ3v) is 2.45. The average Bonchev–Trinajstić information content (AvgIpc) is 1.97. The summed E-state index contributed by atoms with van der Waals surface area (Å²) in [5, 5.41) is 0. The molecule has 0 aliphatic heterocycles. The Morgan fingerprint density at radius 3 is 2.00 bits per heavy atom. The number of alkyl halides is 2. The first kappa shape index (κ1) is 6.97. The first-order chi connectivity index (χ1) is 4.04. The van der Waals surface area contributed by atoms with Crippen LogP contribution < -0.4 is 0 Å². The van der Waals surface area contributed by atoms with E-state index < -0.39 is 11.8 Å². The van der Waals surface area contributed by atoms with E-state index in [1.54, 1.807) is 6.92 Å². The number of hydrogen-bond donors (Lipinski definition) is 0. The van der Waals surface area contributed by atoms with Gasteiger partial charge in [-0.1, -0.05) is 13.8 Å². The van der Waals surface area contributed by atoms with Crippen molar-refractivity contribution in [2.75, 3.05) is 0 Å². The molecule has 0 bridgehead atoms. The average molecular weight is 134 g/mol. The summed E-state index contributed by atoms with van der Waals surface area (Å²) in [6, 6.07) is 0. The second-order valence-corrected chi connectivity index (χ2v) is 3.07. The Labute approximate surface area is 54.3 Å². The summed E-state index contributed by atoms with van der Waals surface area (Å²) in [4.78, 5) is 0. The lowest BCUT2D eigenvalue weighted by Gasteiger charge is -2.16. The minimum atomic E-state index is -2.38. The molecule has 0 aromatic rings. The molecule has 54 valence electrons. The molecule has 2 heteroatoms. The molecule has 1 aliphatic carbocycles. The molecule has 0 aromatic carbocycles. The van der Waals surface area contributed by atoms with Crippen molar-refractivity contribution in [3.8, 4) is 0 Å². The van der Waals surface area contributed by atoms with Gasteiger partial charge in [-0.2, -0.15) is 0 Å². The summed E-state index contributed by atoms with van der Waals surface area (Å²) in [5.74, 6) is -2.57. The summed E-state index contributed by atoms with van der Waals surface area (Å²) in [7, 11) is 0. The number of halogens is 2. The lowest BCUT2D eigenvalue weighted by Crippen LogP contribution is -2.21. The van der Waals surface area contributed by atoms with E-state index in [0.717, 1.165) is 0 Å². The highest BCUT2D eigenvalue weighted by Crippen LogP contribution is 2.43. The minimum absolute atomic E-state index is 0.0926. The van der Waals surface area contributed by atoms with E-state index in [0.29, 0.717) is 6.42 Å². The third-order valence-electron chi connectivity index (χ3n) is 2.45. The maximum atomic E-state index is 12.6. The highest BCUT2D eigenvalue weighted by Gasteiger charge is 2.44. The van der Waals surface area contributed by atoms with Gasteiger partial charge in [0.2, 0.25) is 0 Å². The van der Waals surface area contributed by atoms with Crippen molar-refractivity contribution in [1.29, 1.82) is 0 Å². The van der Waals surface area contributed by atoms with Gasteiger partial charge in [0.15, 0.2) is 0 Å². The Bertz CT molecular complexity index is 109. The second kappa shape index (κ2) is 1.93. The fraction of sp³-hybridized carbons (Fsp3) is 1.00. The van der Waals surface area contributed by atoms with Crippen molar-refractivity contribution in [3.63, 3.8) is 0 Å². The van der Waals surface area contributed by atoms with Gasteiger partial charge in [-0.3, -0.25) is 0 Å². The van der Waals surface area contributed by atoms with Crippen molar-refractivity contribution in [3.05, 3.63) is 0 Å². The molecule has 0 amide bonds. The van der Waals surface area contributed by atoms with E-state index in [4.69, 9.17) is 0 Å². The van der Waals surface area contributed by atoms with Crippen LogP contribution in [0.2, 0.25) is 0 Å². The van der Waals surface area contributed by atoms with Crippen LogP contribution in [0.5, 0.6) is 0 Å². The van der Waals surface area contributed by atoms with Crippen molar-refractivity contribution >= 4 is 0 Å². The molecular weight excluding hydrogens is 122 g/mol. The van der Waals surface area contributed by atoms with Gasteiger partial charge >= 0.3 is 0 Å². The van der Waals surface area contributed by atoms with Crippen LogP contribution >= 0.6 is 0 Å². The van der Waals surface area contributed by atoms with Crippen molar-refractivity contribution in [1.82, 2.24) is 0 Å². The Kier molecular flexibility index (Phi) is 1.49. The summed E-state index contributed by atoms with van der Waals surface area (Å²) >= 11 is 0. The molecule has 1 rings (SSSR count). The number of rotatable bonds is 0. The summed E-state index contributed by atoms with van der Waals surface area (Å²) in [5.41, 5.74) is 0. The molecule has 1 unspecified atom stereocenters. The zero-order valence-corrected chi connectivity index (χ0v) is 5.82. The lowest BCUT2D eigenvalue weighted by molar-refractivity contribution is -0.0371. The van der Waals surface area contributed by atoms with Gasteiger partial charge in [-0.15, -0.1) is 0 Å². The minimum Gasteiger partial charge on any atom is -0.207 e. The van der Waals surface area contributed by atoms with Gasteiger partial charge in [0.25, 0.3) is 5.92 Å². The molecule has 1 fully saturated rings. The highest BCUT2D eigenvalue weighted by atomic mass is 19.3. The van der Waals surface area contributed by atoms with Crippen LogP contribution in [0.3, 0.4) is 0 Å². The normalized spacial score (nSPS) is 41.3. The van der Waals surface area contributed by atoms with Crippen LogP contribution in [-0.2, 0) is 0 Å².